The molecule has 0 saturated carbocycles. The molecule has 24 heavy (non-hydrogen) atoms. The summed E-state index contributed by atoms with van der Waals surface area (Å²) in [5.74, 6) is -0.0964. The molecule has 126 valence electrons. The smallest absolute Gasteiger partial charge is 0.312 e. The number of nitrogens with zero attached hydrogens (tertiary/aromatic N) is 3. The van der Waals surface area contributed by atoms with Crippen LogP contribution in [0.4, 0.5) is 0 Å². The fourth-order valence-corrected chi connectivity index (χ4v) is 2.90. The van der Waals surface area contributed by atoms with E-state index in [-0.39, 0.29) is 11.9 Å². The summed E-state index contributed by atoms with van der Waals surface area (Å²) in [6.45, 7) is 6.14. The van der Waals surface area contributed by atoms with Gasteiger partial charge in [0.15, 0.2) is 0 Å². The predicted octanol–water partition coefficient (Wildman–Crippen LogP) is 2.71. The van der Waals surface area contributed by atoms with Crippen LogP contribution in [0.2, 0.25) is 0 Å². The van der Waals surface area contributed by atoms with Gasteiger partial charge in [-0.1, -0.05) is 6.07 Å². The Bertz CT molecular complexity index is 803. The van der Waals surface area contributed by atoms with Crippen LogP contribution in [0, 0.1) is 25.2 Å². The molecule has 2 rings (SSSR count). The van der Waals surface area contributed by atoms with Crippen molar-refractivity contribution in [3.8, 4) is 11.8 Å². The summed E-state index contributed by atoms with van der Waals surface area (Å²) < 4.78 is 11.8. The van der Waals surface area contributed by atoms with Crippen LogP contribution in [0.25, 0.3) is 0 Å². The Hall–Kier alpha value is -2.81. The highest BCUT2D eigenvalue weighted by Gasteiger charge is 2.24. The van der Waals surface area contributed by atoms with Crippen LogP contribution in [-0.4, -0.2) is 30.0 Å². The molecule has 6 nitrogen and oxygen atoms in total. The van der Waals surface area contributed by atoms with Crippen LogP contribution < -0.4 is 4.74 Å². The monoisotopic (exact) mass is 327 g/mol. The molecule has 6 heteroatoms. The van der Waals surface area contributed by atoms with E-state index in [0.29, 0.717) is 17.9 Å². The topological polar surface area (TPSA) is 77.1 Å². The summed E-state index contributed by atoms with van der Waals surface area (Å²) in [5.41, 5.74) is 4.03. The maximum absolute atomic E-state index is 11.8. The number of ether oxygens (including phenoxy) is 2. The molecular weight excluding hydrogens is 306 g/mol. The van der Waals surface area contributed by atoms with E-state index < -0.39 is 0 Å². The van der Waals surface area contributed by atoms with E-state index in [0.717, 1.165) is 22.5 Å². The van der Waals surface area contributed by atoms with E-state index in [1.807, 2.05) is 31.5 Å². The second kappa shape index (κ2) is 7.18. The molecule has 0 aliphatic heterocycles. The average Bonchev–Trinajstić information content (AvgIpc) is 2.86. The summed E-state index contributed by atoms with van der Waals surface area (Å²) in [4.78, 5) is 11.8. The fraction of sp³-hybridized carbons (Fsp3) is 0.389. The first kappa shape index (κ1) is 17.5. The van der Waals surface area contributed by atoms with Gasteiger partial charge in [-0.2, -0.15) is 10.4 Å². The second-order valence-electron chi connectivity index (χ2n) is 5.63. The van der Waals surface area contributed by atoms with Gasteiger partial charge in [0.05, 0.1) is 37.9 Å². The van der Waals surface area contributed by atoms with Crippen molar-refractivity contribution in [1.29, 1.82) is 5.26 Å². The lowest BCUT2D eigenvalue weighted by atomic mass is 9.99. The predicted molar refractivity (Wildman–Crippen MR) is 88.9 cm³/mol. The fourth-order valence-electron chi connectivity index (χ4n) is 2.90. The van der Waals surface area contributed by atoms with Crippen molar-refractivity contribution in [3.05, 3.63) is 46.3 Å². The van der Waals surface area contributed by atoms with E-state index in [4.69, 9.17) is 9.47 Å². The number of aryl methyl sites for hydroxylation is 1. The summed E-state index contributed by atoms with van der Waals surface area (Å²) in [6, 6.07) is 7.60. The molecule has 0 spiro atoms. The first-order valence-electron chi connectivity index (χ1n) is 7.61. The minimum absolute atomic E-state index is 0.281. The van der Waals surface area contributed by atoms with Crippen molar-refractivity contribution < 1.29 is 14.3 Å². The van der Waals surface area contributed by atoms with E-state index >= 15 is 0 Å². The number of nitriles is 1. The van der Waals surface area contributed by atoms with Gasteiger partial charge in [-0.3, -0.25) is 9.48 Å². The van der Waals surface area contributed by atoms with Crippen LogP contribution >= 0.6 is 0 Å². The van der Waals surface area contributed by atoms with Crippen LogP contribution in [-0.2, 0) is 16.1 Å². The lowest BCUT2D eigenvalue weighted by Crippen LogP contribution is -2.13. The number of esters is 1. The van der Waals surface area contributed by atoms with Crippen molar-refractivity contribution in [1.82, 2.24) is 9.78 Å². The van der Waals surface area contributed by atoms with Crippen molar-refractivity contribution in [3.63, 3.8) is 0 Å². The maximum Gasteiger partial charge on any atom is 0.312 e. The van der Waals surface area contributed by atoms with E-state index in [1.54, 1.807) is 12.1 Å². The summed E-state index contributed by atoms with van der Waals surface area (Å²) in [5, 5.41) is 13.7. The molecule has 0 saturated heterocycles. The maximum atomic E-state index is 11.8. The Kier molecular flexibility index (Phi) is 5.24. The van der Waals surface area contributed by atoms with Gasteiger partial charge in [0, 0.05) is 11.3 Å². The first-order chi connectivity index (χ1) is 11.4. The average molecular weight is 327 g/mol. The summed E-state index contributed by atoms with van der Waals surface area (Å²) >= 11 is 0. The molecule has 1 aromatic heterocycles. The third-order valence-corrected chi connectivity index (χ3v) is 4.14. The highest BCUT2D eigenvalue weighted by molar-refractivity contribution is 5.78. The molecule has 1 heterocycles. The third kappa shape index (κ3) is 3.25. The molecule has 0 bridgehead atoms. The molecule has 0 aliphatic rings. The molecule has 0 radical (unpaired) electrons. The molecule has 0 fully saturated rings. The van der Waals surface area contributed by atoms with Gasteiger partial charge in [-0.15, -0.1) is 0 Å². The van der Waals surface area contributed by atoms with Crippen LogP contribution in [0.5, 0.6) is 5.75 Å². The van der Waals surface area contributed by atoms with Crippen LogP contribution in [0.3, 0.4) is 0 Å². The zero-order chi connectivity index (χ0) is 17.9. The van der Waals surface area contributed by atoms with Gasteiger partial charge < -0.3 is 9.47 Å². The lowest BCUT2D eigenvalue weighted by Gasteiger charge is -2.11. The number of methoxy groups -OCH3 is 2. The number of carbonyl (C=O) groups is 1. The van der Waals surface area contributed by atoms with Crippen molar-refractivity contribution in [2.45, 2.75) is 33.2 Å². The van der Waals surface area contributed by atoms with Gasteiger partial charge in [0.2, 0.25) is 0 Å². The second-order valence-corrected chi connectivity index (χ2v) is 5.63. The van der Waals surface area contributed by atoms with Crippen molar-refractivity contribution in [2.24, 2.45) is 0 Å². The molecule has 0 unspecified atom stereocenters. The Labute approximate surface area is 141 Å². The van der Waals surface area contributed by atoms with E-state index in [1.165, 1.54) is 14.2 Å². The van der Waals surface area contributed by atoms with Crippen LogP contribution in [0.15, 0.2) is 18.2 Å². The number of hydrogen-bond acceptors (Lipinski definition) is 5. The number of benzene rings is 1. The van der Waals surface area contributed by atoms with Gasteiger partial charge in [0.1, 0.15) is 11.8 Å². The summed E-state index contributed by atoms with van der Waals surface area (Å²) in [7, 11) is 2.92. The lowest BCUT2D eigenvalue weighted by molar-refractivity contribution is -0.142. The molecule has 1 aromatic carbocycles. The Morgan fingerprint density at radius 1 is 1.38 bits per heavy atom. The zero-order valence-corrected chi connectivity index (χ0v) is 14.6. The molecule has 0 amide bonds. The van der Waals surface area contributed by atoms with Gasteiger partial charge >= 0.3 is 5.97 Å². The molecular formula is C18H21N3O3. The Morgan fingerprint density at radius 2 is 2.08 bits per heavy atom. The Balaban J connectivity index is 2.35. The van der Waals surface area contributed by atoms with E-state index in [2.05, 4.69) is 11.2 Å². The number of hydrogen-bond donors (Lipinski definition) is 0. The molecule has 0 aliphatic carbocycles. The van der Waals surface area contributed by atoms with Gasteiger partial charge in [0.25, 0.3) is 0 Å². The molecule has 1 atom stereocenters. The highest BCUT2D eigenvalue weighted by Crippen LogP contribution is 2.25. The van der Waals surface area contributed by atoms with E-state index in [9.17, 15) is 10.1 Å². The van der Waals surface area contributed by atoms with Gasteiger partial charge in [-0.05, 0) is 38.5 Å². The molecule has 2 aromatic rings. The van der Waals surface area contributed by atoms with Gasteiger partial charge in [-0.25, -0.2) is 0 Å². The minimum atomic E-state index is -0.366. The molecule has 0 N–H and O–H groups in total. The Morgan fingerprint density at radius 3 is 2.67 bits per heavy atom. The minimum Gasteiger partial charge on any atom is -0.495 e. The quantitative estimate of drug-likeness (QED) is 0.789. The highest BCUT2D eigenvalue weighted by atomic mass is 16.5. The third-order valence-electron chi connectivity index (χ3n) is 4.14. The van der Waals surface area contributed by atoms with Crippen LogP contribution in [0.1, 0.15) is 40.9 Å². The largest absolute Gasteiger partial charge is 0.495 e. The number of carbonyl (C=O) groups excluding carboxylic acids is 1. The standard InChI is InChI=1S/C18H21N3O3/c1-11(18(22)24-5)17-12(2)20-21(13(17)3)10-14-6-7-16(23-4)15(8-14)9-19/h6-8,11H,10H2,1-5H3/t11-/m0/s1. The SMILES string of the molecule is COC(=O)[C@@H](C)c1c(C)nn(Cc2ccc(OC)c(C#N)c2)c1C. The summed E-state index contributed by atoms with van der Waals surface area (Å²) in [6.07, 6.45) is 0. The zero-order valence-electron chi connectivity index (χ0n) is 14.6. The normalized spacial score (nSPS) is 11.7. The number of rotatable bonds is 5. The number of aromatic nitrogens is 2. The van der Waals surface area contributed by atoms with Crippen molar-refractivity contribution in [2.75, 3.05) is 14.2 Å². The first-order valence-corrected chi connectivity index (χ1v) is 7.61. The van der Waals surface area contributed by atoms with Crippen molar-refractivity contribution >= 4 is 5.97 Å².